The Kier molecular flexibility index (Phi) is 4.37. The lowest BCUT2D eigenvalue weighted by Gasteiger charge is -2.25. The fraction of sp³-hybridized carbons (Fsp3) is 0.538. The molecule has 0 saturated heterocycles. The zero-order chi connectivity index (χ0) is 13.0. The predicted molar refractivity (Wildman–Crippen MR) is 69.8 cm³/mol. The van der Waals surface area contributed by atoms with Gasteiger partial charge in [0.05, 0.1) is 4.90 Å². The Morgan fingerprint density at radius 2 is 1.89 bits per heavy atom. The molecule has 0 spiro atoms. The molecule has 0 unspecified atom stereocenters. The number of benzene rings is 1. The van der Waals surface area contributed by atoms with Gasteiger partial charge in [-0.2, -0.15) is 0 Å². The summed E-state index contributed by atoms with van der Waals surface area (Å²) in [6.07, 6.45) is 4.01. The molecule has 0 aliphatic heterocycles. The van der Waals surface area contributed by atoms with Crippen molar-refractivity contribution in [3.63, 3.8) is 0 Å². The lowest BCUT2D eigenvalue weighted by molar-refractivity contribution is 0.299. The largest absolute Gasteiger partial charge is 0.396 e. The van der Waals surface area contributed by atoms with E-state index in [4.69, 9.17) is 5.11 Å². The van der Waals surface area contributed by atoms with Crippen molar-refractivity contribution in [1.29, 1.82) is 0 Å². The van der Waals surface area contributed by atoms with Crippen molar-refractivity contribution in [2.75, 3.05) is 13.2 Å². The summed E-state index contributed by atoms with van der Waals surface area (Å²) in [6, 6.07) is 6.67. The van der Waals surface area contributed by atoms with Crippen molar-refractivity contribution in [2.24, 2.45) is 5.92 Å². The third-order valence-corrected chi connectivity index (χ3v) is 4.86. The van der Waals surface area contributed by atoms with Crippen LogP contribution in [0, 0.1) is 5.92 Å². The maximum atomic E-state index is 12.0. The highest BCUT2D eigenvalue weighted by atomic mass is 32.2. The quantitative estimate of drug-likeness (QED) is 0.818. The molecule has 0 radical (unpaired) electrons. The van der Waals surface area contributed by atoms with Gasteiger partial charge in [0.25, 0.3) is 0 Å². The Bertz CT molecular complexity index is 477. The van der Waals surface area contributed by atoms with Crippen LogP contribution in [0.3, 0.4) is 0 Å². The molecule has 2 rings (SSSR count). The third kappa shape index (κ3) is 3.31. The van der Waals surface area contributed by atoms with E-state index < -0.39 is 10.0 Å². The molecule has 100 valence electrons. The van der Waals surface area contributed by atoms with Gasteiger partial charge in [0.15, 0.2) is 0 Å². The predicted octanol–water partition coefficient (Wildman–Crippen LogP) is 1.30. The fourth-order valence-electron chi connectivity index (χ4n) is 1.97. The van der Waals surface area contributed by atoms with Gasteiger partial charge < -0.3 is 5.11 Å². The highest BCUT2D eigenvalue weighted by molar-refractivity contribution is 7.89. The minimum Gasteiger partial charge on any atom is -0.396 e. The van der Waals surface area contributed by atoms with Crippen LogP contribution < -0.4 is 4.72 Å². The molecule has 0 atom stereocenters. The van der Waals surface area contributed by atoms with Gasteiger partial charge in [-0.05, 0) is 42.9 Å². The van der Waals surface area contributed by atoms with Gasteiger partial charge in [-0.1, -0.05) is 18.6 Å². The number of nitrogens with one attached hydrogen (secondary N) is 1. The van der Waals surface area contributed by atoms with Crippen molar-refractivity contribution in [3.8, 4) is 0 Å². The Morgan fingerprint density at radius 3 is 2.39 bits per heavy atom. The number of sulfonamides is 1. The highest BCUT2D eigenvalue weighted by Gasteiger charge is 2.21. The first-order chi connectivity index (χ1) is 8.62. The summed E-state index contributed by atoms with van der Waals surface area (Å²) in [7, 11) is -3.38. The first-order valence-corrected chi connectivity index (χ1v) is 7.79. The van der Waals surface area contributed by atoms with E-state index in [1.165, 1.54) is 6.42 Å². The molecule has 18 heavy (non-hydrogen) atoms. The number of hydrogen-bond donors (Lipinski definition) is 2. The lowest BCUT2D eigenvalue weighted by Crippen LogP contribution is -2.32. The molecule has 1 aromatic rings. The summed E-state index contributed by atoms with van der Waals surface area (Å²) in [5.41, 5.74) is 0.940. The van der Waals surface area contributed by atoms with Gasteiger partial charge in [-0.15, -0.1) is 0 Å². The lowest BCUT2D eigenvalue weighted by atomic mass is 9.86. The monoisotopic (exact) mass is 269 g/mol. The van der Waals surface area contributed by atoms with Crippen molar-refractivity contribution >= 4 is 10.0 Å². The number of hydrogen-bond acceptors (Lipinski definition) is 3. The van der Waals surface area contributed by atoms with E-state index >= 15 is 0 Å². The summed E-state index contributed by atoms with van der Waals surface area (Å²) < 4.78 is 26.6. The van der Waals surface area contributed by atoms with Gasteiger partial charge >= 0.3 is 0 Å². The highest BCUT2D eigenvalue weighted by Crippen LogP contribution is 2.25. The minimum atomic E-state index is -3.38. The molecule has 1 aromatic carbocycles. The van der Waals surface area contributed by atoms with Crippen LogP contribution in [-0.2, 0) is 16.4 Å². The second kappa shape index (κ2) is 5.82. The molecular weight excluding hydrogens is 250 g/mol. The summed E-state index contributed by atoms with van der Waals surface area (Å²) >= 11 is 0. The molecule has 0 bridgehead atoms. The first kappa shape index (κ1) is 13.5. The Balaban J connectivity index is 1.99. The van der Waals surface area contributed by atoms with Crippen LogP contribution in [0.4, 0.5) is 0 Å². The van der Waals surface area contributed by atoms with Crippen LogP contribution in [0.5, 0.6) is 0 Å². The molecule has 1 aliphatic carbocycles. The maximum Gasteiger partial charge on any atom is 0.240 e. The number of rotatable bonds is 6. The molecule has 1 fully saturated rings. The van der Waals surface area contributed by atoms with E-state index in [2.05, 4.69) is 4.72 Å². The van der Waals surface area contributed by atoms with E-state index in [1.54, 1.807) is 24.3 Å². The Labute approximate surface area is 108 Å². The molecule has 1 aliphatic rings. The maximum absolute atomic E-state index is 12.0. The first-order valence-electron chi connectivity index (χ1n) is 6.31. The topological polar surface area (TPSA) is 66.4 Å². The average molecular weight is 269 g/mol. The van der Waals surface area contributed by atoms with Gasteiger partial charge in [-0.25, -0.2) is 13.1 Å². The van der Waals surface area contributed by atoms with Crippen LogP contribution in [0.1, 0.15) is 24.8 Å². The summed E-state index contributed by atoms with van der Waals surface area (Å²) in [5.74, 6) is 0.508. The fourth-order valence-corrected chi connectivity index (χ4v) is 3.09. The van der Waals surface area contributed by atoms with Crippen LogP contribution >= 0.6 is 0 Å². The van der Waals surface area contributed by atoms with Gasteiger partial charge in [0.1, 0.15) is 0 Å². The van der Waals surface area contributed by atoms with Crippen molar-refractivity contribution in [2.45, 2.75) is 30.6 Å². The molecule has 1 saturated carbocycles. The van der Waals surface area contributed by atoms with Crippen LogP contribution in [0.25, 0.3) is 0 Å². The molecule has 0 heterocycles. The van der Waals surface area contributed by atoms with Crippen molar-refractivity contribution in [1.82, 2.24) is 4.72 Å². The second-order valence-corrected chi connectivity index (χ2v) is 6.53. The molecule has 0 aromatic heterocycles. The van der Waals surface area contributed by atoms with E-state index in [1.807, 2.05) is 0 Å². The molecule has 2 N–H and O–H groups in total. The van der Waals surface area contributed by atoms with Gasteiger partial charge in [0, 0.05) is 13.2 Å². The molecule has 5 heteroatoms. The Morgan fingerprint density at radius 1 is 1.22 bits per heavy atom. The summed E-state index contributed by atoms with van der Waals surface area (Å²) in [5, 5.41) is 8.80. The van der Waals surface area contributed by atoms with E-state index in [-0.39, 0.29) is 6.61 Å². The van der Waals surface area contributed by atoms with E-state index in [0.717, 1.165) is 18.4 Å². The number of aliphatic hydroxyl groups excluding tert-OH is 1. The summed E-state index contributed by atoms with van der Waals surface area (Å²) in [4.78, 5) is 0.295. The SMILES string of the molecule is O=S(=O)(NCC1CCC1)c1ccc(CCO)cc1. The minimum absolute atomic E-state index is 0.0754. The van der Waals surface area contributed by atoms with E-state index in [0.29, 0.717) is 23.8 Å². The zero-order valence-corrected chi connectivity index (χ0v) is 11.1. The van der Waals surface area contributed by atoms with Crippen LogP contribution in [0.15, 0.2) is 29.2 Å². The van der Waals surface area contributed by atoms with Crippen molar-refractivity contribution < 1.29 is 13.5 Å². The normalized spacial score (nSPS) is 16.5. The second-order valence-electron chi connectivity index (χ2n) is 4.77. The van der Waals surface area contributed by atoms with Crippen molar-refractivity contribution in [3.05, 3.63) is 29.8 Å². The average Bonchev–Trinajstić information content (AvgIpc) is 2.28. The smallest absolute Gasteiger partial charge is 0.240 e. The number of aliphatic hydroxyl groups is 1. The molecular formula is C13H19NO3S. The Hall–Kier alpha value is -0.910. The third-order valence-electron chi connectivity index (χ3n) is 3.42. The van der Waals surface area contributed by atoms with Crippen LogP contribution in [0.2, 0.25) is 0 Å². The van der Waals surface area contributed by atoms with E-state index in [9.17, 15) is 8.42 Å². The van der Waals surface area contributed by atoms with Gasteiger partial charge in [-0.3, -0.25) is 0 Å². The standard InChI is InChI=1S/C13H19NO3S/c15-9-8-11-4-6-13(7-5-11)18(16,17)14-10-12-2-1-3-12/h4-7,12,14-15H,1-3,8-10H2. The zero-order valence-electron chi connectivity index (χ0n) is 10.3. The van der Waals surface area contributed by atoms with Crippen LogP contribution in [-0.4, -0.2) is 26.7 Å². The van der Waals surface area contributed by atoms with Gasteiger partial charge in [0.2, 0.25) is 10.0 Å². The summed E-state index contributed by atoms with van der Waals surface area (Å²) in [6.45, 7) is 0.618. The molecule has 4 nitrogen and oxygen atoms in total. The molecule has 0 amide bonds.